The summed E-state index contributed by atoms with van der Waals surface area (Å²) in [7, 11) is 0. The molecule has 0 aromatic heterocycles. The van der Waals surface area contributed by atoms with Crippen molar-refractivity contribution in [2.45, 2.75) is 6.92 Å². The molecule has 0 saturated heterocycles. The molecule has 1 aliphatic carbocycles. The van der Waals surface area contributed by atoms with E-state index in [1.165, 1.54) is 28.3 Å². The highest BCUT2D eigenvalue weighted by Crippen LogP contribution is 2.49. The Labute approximate surface area is 100 Å². The highest BCUT2D eigenvalue weighted by atomic mass is 16.1. The maximum absolute atomic E-state index is 11.7. The zero-order valence-corrected chi connectivity index (χ0v) is 9.66. The zero-order chi connectivity index (χ0) is 12.0. The lowest BCUT2D eigenvalue weighted by Crippen LogP contribution is -2.06. The van der Waals surface area contributed by atoms with E-state index in [2.05, 4.69) is 18.7 Å². The molecule has 0 unspecified atom stereocenters. The number of carbonyl (C=O) groups is 1. The van der Waals surface area contributed by atoms with Crippen molar-refractivity contribution in [1.29, 1.82) is 0 Å². The summed E-state index contributed by atoms with van der Waals surface area (Å²) in [5.41, 5.74) is 6.81. The summed E-state index contributed by atoms with van der Waals surface area (Å²) in [5.74, 6) is -0.00492. The number of benzene rings is 2. The molecule has 0 bridgehead atoms. The lowest BCUT2D eigenvalue weighted by Gasteiger charge is -2.26. The molecule has 3 rings (SSSR count). The van der Waals surface area contributed by atoms with Gasteiger partial charge in [0.05, 0.1) is 0 Å². The maximum Gasteiger partial charge on any atom is 0.185 e. The lowest BCUT2D eigenvalue weighted by molar-refractivity contribution is 0.104. The summed E-state index contributed by atoms with van der Waals surface area (Å²) in [4.78, 5) is 11.7. The topological polar surface area (TPSA) is 17.1 Å². The molecule has 0 saturated carbocycles. The van der Waals surface area contributed by atoms with E-state index in [-0.39, 0.29) is 5.78 Å². The van der Waals surface area contributed by atoms with Crippen molar-refractivity contribution < 1.29 is 4.79 Å². The van der Waals surface area contributed by atoms with Crippen LogP contribution in [0.1, 0.15) is 15.9 Å². The second kappa shape index (κ2) is 3.42. The van der Waals surface area contributed by atoms with Crippen LogP contribution in [-0.4, -0.2) is 5.78 Å². The molecule has 17 heavy (non-hydrogen) atoms. The van der Waals surface area contributed by atoms with E-state index in [4.69, 9.17) is 0 Å². The van der Waals surface area contributed by atoms with Crippen molar-refractivity contribution in [2.24, 2.45) is 0 Å². The van der Waals surface area contributed by atoms with Gasteiger partial charge in [-0.05, 0) is 40.8 Å². The van der Waals surface area contributed by atoms with Crippen LogP contribution in [0.2, 0.25) is 0 Å². The highest BCUT2D eigenvalue weighted by Gasteiger charge is 2.25. The second-order valence-corrected chi connectivity index (χ2v) is 4.27. The average molecular weight is 220 g/mol. The van der Waals surface area contributed by atoms with Crippen LogP contribution in [0.4, 0.5) is 0 Å². The first kappa shape index (κ1) is 10.0. The van der Waals surface area contributed by atoms with Gasteiger partial charge in [-0.15, -0.1) is 0 Å². The molecule has 2 aromatic rings. The lowest BCUT2D eigenvalue weighted by atomic mass is 9.76. The SMILES string of the molecule is C=CC(=O)c1ccc2c(c1C)-c1ccccc1-2. The molecular weight excluding hydrogens is 208 g/mol. The molecule has 0 aliphatic heterocycles. The summed E-state index contributed by atoms with van der Waals surface area (Å²) in [6.07, 6.45) is 1.37. The summed E-state index contributed by atoms with van der Waals surface area (Å²) in [6.45, 7) is 5.55. The van der Waals surface area contributed by atoms with Gasteiger partial charge in [0.25, 0.3) is 0 Å². The molecule has 0 radical (unpaired) electrons. The minimum Gasteiger partial charge on any atom is -0.289 e. The predicted molar refractivity (Wildman–Crippen MR) is 70.1 cm³/mol. The Morgan fingerprint density at radius 1 is 1.06 bits per heavy atom. The Hall–Kier alpha value is -2.15. The number of allylic oxidation sites excluding steroid dienone is 1. The van der Waals surface area contributed by atoms with Gasteiger partial charge < -0.3 is 0 Å². The van der Waals surface area contributed by atoms with Gasteiger partial charge in [0, 0.05) is 5.56 Å². The van der Waals surface area contributed by atoms with E-state index in [1.54, 1.807) is 0 Å². The van der Waals surface area contributed by atoms with Crippen molar-refractivity contribution in [3.63, 3.8) is 0 Å². The van der Waals surface area contributed by atoms with Crippen molar-refractivity contribution >= 4 is 5.78 Å². The van der Waals surface area contributed by atoms with E-state index < -0.39 is 0 Å². The summed E-state index contributed by atoms with van der Waals surface area (Å²) < 4.78 is 0. The molecule has 0 spiro atoms. The zero-order valence-electron chi connectivity index (χ0n) is 9.66. The van der Waals surface area contributed by atoms with Crippen molar-refractivity contribution in [2.75, 3.05) is 0 Å². The Morgan fingerprint density at radius 2 is 1.76 bits per heavy atom. The Morgan fingerprint density at radius 3 is 2.47 bits per heavy atom. The second-order valence-electron chi connectivity index (χ2n) is 4.27. The largest absolute Gasteiger partial charge is 0.289 e. The minimum atomic E-state index is -0.00492. The van der Waals surface area contributed by atoms with Gasteiger partial charge in [0.1, 0.15) is 0 Å². The quantitative estimate of drug-likeness (QED) is 0.471. The molecule has 0 amide bonds. The summed E-state index contributed by atoms with van der Waals surface area (Å²) in [6, 6.07) is 12.2. The van der Waals surface area contributed by atoms with Crippen LogP contribution in [0.3, 0.4) is 0 Å². The molecule has 0 heterocycles. The van der Waals surface area contributed by atoms with Crippen LogP contribution in [0.5, 0.6) is 0 Å². The number of carbonyl (C=O) groups excluding carboxylic acids is 1. The van der Waals surface area contributed by atoms with Gasteiger partial charge in [-0.2, -0.15) is 0 Å². The van der Waals surface area contributed by atoms with Gasteiger partial charge in [-0.1, -0.05) is 43.0 Å². The molecule has 0 N–H and O–H groups in total. The Bertz CT molecular complexity index is 651. The van der Waals surface area contributed by atoms with E-state index in [1.807, 2.05) is 31.2 Å². The average Bonchev–Trinajstić information content (AvgIpc) is 2.34. The molecule has 1 heteroatoms. The van der Waals surface area contributed by atoms with E-state index in [0.717, 1.165) is 11.1 Å². The first-order chi connectivity index (χ1) is 8.24. The van der Waals surface area contributed by atoms with Crippen LogP contribution in [0.25, 0.3) is 22.3 Å². The Kier molecular flexibility index (Phi) is 2.02. The van der Waals surface area contributed by atoms with Crippen molar-refractivity contribution in [1.82, 2.24) is 0 Å². The van der Waals surface area contributed by atoms with E-state index >= 15 is 0 Å². The van der Waals surface area contributed by atoms with Crippen LogP contribution in [-0.2, 0) is 0 Å². The molecule has 82 valence electrons. The fourth-order valence-corrected chi connectivity index (χ4v) is 2.53. The van der Waals surface area contributed by atoms with Crippen molar-refractivity contribution in [3.8, 4) is 22.3 Å². The van der Waals surface area contributed by atoms with Gasteiger partial charge >= 0.3 is 0 Å². The fraction of sp³-hybridized carbons (Fsp3) is 0.0625. The third kappa shape index (κ3) is 1.22. The normalized spacial score (nSPS) is 11.1. The number of ketones is 1. The number of fused-ring (bicyclic) bond motifs is 4. The Balaban J connectivity index is 2.23. The van der Waals surface area contributed by atoms with Crippen LogP contribution in [0, 0.1) is 6.92 Å². The van der Waals surface area contributed by atoms with Gasteiger partial charge in [-0.25, -0.2) is 0 Å². The van der Waals surface area contributed by atoms with Crippen LogP contribution < -0.4 is 0 Å². The smallest absolute Gasteiger partial charge is 0.185 e. The number of rotatable bonds is 2. The molecule has 0 fully saturated rings. The van der Waals surface area contributed by atoms with Gasteiger partial charge in [0.2, 0.25) is 0 Å². The van der Waals surface area contributed by atoms with Crippen LogP contribution >= 0.6 is 0 Å². The van der Waals surface area contributed by atoms with Crippen molar-refractivity contribution in [3.05, 3.63) is 60.2 Å². The third-order valence-corrected chi connectivity index (χ3v) is 3.40. The molecule has 2 aromatic carbocycles. The van der Waals surface area contributed by atoms with E-state index in [9.17, 15) is 4.79 Å². The third-order valence-electron chi connectivity index (χ3n) is 3.40. The molecule has 0 atom stereocenters. The molecule has 1 aliphatic rings. The minimum absolute atomic E-state index is 0.00492. The fourth-order valence-electron chi connectivity index (χ4n) is 2.53. The predicted octanol–water partition coefficient (Wildman–Crippen LogP) is 4.01. The van der Waals surface area contributed by atoms with Gasteiger partial charge in [0.15, 0.2) is 5.78 Å². The van der Waals surface area contributed by atoms with Gasteiger partial charge in [-0.3, -0.25) is 4.79 Å². The number of hydrogen-bond donors (Lipinski definition) is 0. The number of hydrogen-bond acceptors (Lipinski definition) is 1. The highest BCUT2D eigenvalue weighted by molar-refractivity contribution is 6.11. The summed E-state index contributed by atoms with van der Waals surface area (Å²) >= 11 is 0. The maximum atomic E-state index is 11.7. The first-order valence-corrected chi connectivity index (χ1v) is 5.64. The summed E-state index contributed by atoms with van der Waals surface area (Å²) in [5, 5.41) is 0. The standard InChI is InChI=1S/C16H12O/c1-3-15(17)11-8-9-14-12-6-4-5-7-13(12)16(14)10(11)2/h3-9H,1H2,2H3. The molecule has 1 nitrogen and oxygen atoms in total. The first-order valence-electron chi connectivity index (χ1n) is 5.64. The van der Waals surface area contributed by atoms with E-state index in [0.29, 0.717) is 0 Å². The monoisotopic (exact) mass is 220 g/mol. The van der Waals surface area contributed by atoms with Crippen LogP contribution in [0.15, 0.2) is 49.1 Å². The molecular formula is C16H12O.